The lowest BCUT2D eigenvalue weighted by Crippen LogP contribution is -2.30. The predicted octanol–water partition coefficient (Wildman–Crippen LogP) is 0.592. The molecule has 0 aromatic heterocycles. The summed E-state index contributed by atoms with van der Waals surface area (Å²) in [6, 6.07) is 0. The summed E-state index contributed by atoms with van der Waals surface area (Å²) in [4.78, 5) is 13.4. The largest absolute Gasteiger partial charge is 0.396 e. The number of aliphatic hydroxyl groups is 1. The van der Waals surface area contributed by atoms with E-state index in [0.29, 0.717) is 13.0 Å². The first-order valence-electron chi connectivity index (χ1n) is 5.66. The number of aliphatic hydroxyl groups excluding tert-OH is 1. The number of carbonyl (C=O) groups excluding carboxylic acids is 1. The minimum atomic E-state index is 0.164. The topological polar surface area (TPSA) is 66.6 Å². The smallest absolute Gasteiger partial charge is 0.222 e. The van der Waals surface area contributed by atoms with E-state index in [4.69, 9.17) is 10.8 Å². The highest BCUT2D eigenvalue weighted by molar-refractivity contribution is 5.76. The molecule has 1 amide bonds. The molecule has 0 saturated carbocycles. The van der Waals surface area contributed by atoms with E-state index in [2.05, 4.69) is 0 Å². The third kappa shape index (κ3) is 7.33. The Hall–Kier alpha value is -0.610. The number of rotatable bonds is 8. The number of carbonyl (C=O) groups is 1. The summed E-state index contributed by atoms with van der Waals surface area (Å²) in [5, 5.41) is 8.60. The van der Waals surface area contributed by atoms with E-state index in [-0.39, 0.29) is 18.4 Å². The van der Waals surface area contributed by atoms with Gasteiger partial charge in [-0.1, -0.05) is 6.92 Å². The molecule has 0 bridgehead atoms. The molecule has 0 radical (unpaired) electrons. The van der Waals surface area contributed by atoms with Crippen LogP contribution in [0.2, 0.25) is 0 Å². The number of amides is 1. The summed E-state index contributed by atoms with van der Waals surface area (Å²) in [5.41, 5.74) is 5.46. The molecule has 0 aliphatic carbocycles. The van der Waals surface area contributed by atoms with E-state index in [9.17, 15) is 4.79 Å². The zero-order valence-corrected chi connectivity index (χ0v) is 9.91. The van der Waals surface area contributed by atoms with Gasteiger partial charge in [0.25, 0.3) is 0 Å². The Morgan fingerprint density at radius 1 is 1.40 bits per heavy atom. The molecule has 3 N–H and O–H groups in total. The molecule has 1 unspecified atom stereocenters. The highest BCUT2D eigenvalue weighted by Gasteiger charge is 2.11. The summed E-state index contributed by atoms with van der Waals surface area (Å²) in [6.07, 6.45) is 3.29. The minimum Gasteiger partial charge on any atom is -0.396 e. The molecule has 4 heteroatoms. The van der Waals surface area contributed by atoms with Gasteiger partial charge in [0.05, 0.1) is 0 Å². The molecular weight excluding hydrogens is 192 g/mol. The lowest BCUT2D eigenvalue weighted by Gasteiger charge is -2.18. The number of unbranched alkanes of at least 4 members (excludes halogenated alkanes) is 2. The number of hydrogen-bond donors (Lipinski definition) is 2. The van der Waals surface area contributed by atoms with Crippen LogP contribution in [0.5, 0.6) is 0 Å². The van der Waals surface area contributed by atoms with Crippen LogP contribution < -0.4 is 5.73 Å². The van der Waals surface area contributed by atoms with Crippen LogP contribution in [0.15, 0.2) is 0 Å². The molecule has 0 aromatic carbocycles. The maximum absolute atomic E-state index is 11.6. The van der Waals surface area contributed by atoms with Gasteiger partial charge in [-0.15, -0.1) is 0 Å². The van der Waals surface area contributed by atoms with Gasteiger partial charge in [0.2, 0.25) is 5.91 Å². The Morgan fingerprint density at radius 2 is 2.07 bits per heavy atom. The van der Waals surface area contributed by atoms with Crippen LogP contribution in [0.3, 0.4) is 0 Å². The monoisotopic (exact) mass is 216 g/mol. The van der Waals surface area contributed by atoms with Crippen LogP contribution in [0.4, 0.5) is 0 Å². The standard InChI is InChI=1S/C11H24N2O2/c1-10(9-12)8-11(15)13(2)6-4-3-5-7-14/h10,14H,3-9,12H2,1-2H3. The quantitative estimate of drug-likeness (QED) is 0.584. The molecule has 0 aromatic rings. The average molecular weight is 216 g/mol. The molecule has 0 saturated heterocycles. The minimum absolute atomic E-state index is 0.164. The second-order valence-electron chi connectivity index (χ2n) is 4.14. The van der Waals surface area contributed by atoms with Crippen molar-refractivity contribution in [1.82, 2.24) is 4.90 Å². The zero-order chi connectivity index (χ0) is 11.7. The second-order valence-corrected chi connectivity index (χ2v) is 4.14. The van der Waals surface area contributed by atoms with Gasteiger partial charge in [-0.25, -0.2) is 0 Å². The van der Waals surface area contributed by atoms with Crippen LogP contribution >= 0.6 is 0 Å². The Bertz CT molecular complexity index is 174. The van der Waals surface area contributed by atoms with E-state index in [0.717, 1.165) is 25.8 Å². The molecule has 0 fully saturated rings. The fourth-order valence-electron chi connectivity index (χ4n) is 1.30. The fraction of sp³-hybridized carbons (Fsp3) is 0.909. The van der Waals surface area contributed by atoms with Crippen molar-refractivity contribution in [2.45, 2.75) is 32.6 Å². The Balaban J connectivity index is 3.60. The lowest BCUT2D eigenvalue weighted by atomic mass is 10.1. The summed E-state index contributed by atoms with van der Waals surface area (Å²) in [5.74, 6) is 0.425. The Labute approximate surface area is 92.4 Å². The molecule has 0 spiro atoms. The first kappa shape index (κ1) is 14.4. The van der Waals surface area contributed by atoms with Crippen molar-refractivity contribution >= 4 is 5.91 Å². The number of hydrogen-bond acceptors (Lipinski definition) is 3. The van der Waals surface area contributed by atoms with E-state index < -0.39 is 0 Å². The van der Waals surface area contributed by atoms with Gasteiger partial charge < -0.3 is 15.7 Å². The Morgan fingerprint density at radius 3 is 2.60 bits per heavy atom. The second kappa shape index (κ2) is 8.68. The van der Waals surface area contributed by atoms with Crippen LogP contribution in [0, 0.1) is 5.92 Å². The molecule has 0 aliphatic heterocycles. The van der Waals surface area contributed by atoms with Crippen LogP contribution in [0.1, 0.15) is 32.6 Å². The summed E-state index contributed by atoms with van der Waals surface area (Å²) in [6.45, 7) is 3.56. The summed E-state index contributed by atoms with van der Waals surface area (Å²) < 4.78 is 0. The van der Waals surface area contributed by atoms with Gasteiger partial charge in [0.15, 0.2) is 0 Å². The molecule has 0 rings (SSSR count). The summed E-state index contributed by atoms with van der Waals surface area (Å²) in [7, 11) is 1.82. The third-order valence-electron chi connectivity index (χ3n) is 2.50. The van der Waals surface area contributed by atoms with Gasteiger partial charge in [0.1, 0.15) is 0 Å². The number of nitrogens with zero attached hydrogens (tertiary/aromatic N) is 1. The van der Waals surface area contributed by atoms with Crippen molar-refractivity contribution in [2.75, 3.05) is 26.7 Å². The number of nitrogens with two attached hydrogens (primary N) is 1. The molecule has 0 heterocycles. The Kier molecular flexibility index (Phi) is 8.33. The van der Waals surface area contributed by atoms with E-state index in [1.54, 1.807) is 4.90 Å². The molecule has 0 aliphatic rings. The zero-order valence-electron chi connectivity index (χ0n) is 9.91. The van der Waals surface area contributed by atoms with Crippen LogP contribution in [-0.2, 0) is 4.79 Å². The van der Waals surface area contributed by atoms with Crippen LogP contribution in [0.25, 0.3) is 0 Å². The fourth-order valence-corrected chi connectivity index (χ4v) is 1.30. The van der Waals surface area contributed by atoms with Gasteiger partial charge in [-0.2, -0.15) is 0 Å². The first-order valence-corrected chi connectivity index (χ1v) is 5.66. The van der Waals surface area contributed by atoms with Crippen molar-refractivity contribution in [1.29, 1.82) is 0 Å². The lowest BCUT2D eigenvalue weighted by molar-refractivity contribution is -0.130. The molecule has 4 nitrogen and oxygen atoms in total. The van der Waals surface area contributed by atoms with E-state index in [1.165, 1.54) is 0 Å². The molecule has 1 atom stereocenters. The maximum Gasteiger partial charge on any atom is 0.222 e. The van der Waals surface area contributed by atoms with Gasteiger partial charge >= 0.3 is 0 Å². The molecular formula is C11H24N2O2. The van der Waals surface area contributed by atoms with Gasteiger partial charge in [-0.3, -0.25) is 4.79 Å². The van der Waals surface area contributed by atoms with Crippen LogP contribution in [-0.4, -0.2) is 42.7 Å². The van der Waals surface area contributed by atoms with E-state index >= 15 is 0 Å². The average Bonchev–Trinajstić information content (AvgIpc) is 2.23. The molecule has 15 heavy (non-hydrogen) atoms. The third-order valence-corrected chi connectivity index (χ3v) is 2.50. The summed E-state index contributed by atoms with van der Waals surface area (Å²) >= 11 is 0. The van der Waals surface area contributed by atoms with E-state index in [1.807, 2.05) is 14.0 Å². The van der Waals surface area contributed by atoms with Crippen molar-refractivity contribution in [3.05, 3.63) is 0 Å². The first-order chi connectivity index (χ1) is 7.11. The SMILES string of the molecule is CC(CN)CC(=O)N(C)CCCCCO. The van der Waals surface area contributed by atoms with Crippen molar-refractivity contribution in [3.8, 4) is 0 Å². The highest BCUT2D eigenvalue weighted by Crippen LogP contribution is 2.04. The van der Waals surface area contributed by atoms with Gasteiger partial charge in [-0.05, 0) is 31.7 Å². The normalized spacial score (nSPS) is 12.5. The molecule has 90 valence electrons. The van der Waals surface area contributed by atoms with Crippen molar-refractivity contribution in [2.24, 2.45) is 11.7 Å². The maximum atomic E-state index is 11.6. The highest BCUT2D eigenvalue weighted by atomic mass is 16.2. The van der Waals surface area contributed by atoms with Crippen molar-refractivity contribution < 1.29 is 9.90 Å². The van der Waals surface area contributed by atoms with Gasteiger partial charge in [0, 0.05) is 26.6 Å². The predicted molar refractivity (Wildman–Crippen MR) is 61.4 cm³/mol. The van der Waals surface area contributed by atoms with Crippen molar-refractivity contribution in [3.63, 3.8) is 0 Å².